The van der Waals surface area contributed by atoms with Crippen molar-refractivity contribution in [1.29, 1.82) is 0 Å². The number of amides is 1. The van der Waals surface area contributed by atoms with Gasteiger partial charge in [-0.15, -0.1) is 0 Å². The number of carbonyl (C=O) groups is 2. The molecular weight excluding hydrogens is 472 g/mol. The molecule has 0 fully saturated rings. The molecule has 0 unspecified atom stereocenters. The van der Waals surface area contributed by atoms with Gasteiger partial charge in [0.05, 0.1) is 31.1 Å². The number of carbonyl (C=O) groups excluding carboxylic acids is 2. The number of benzene rings is 3. The van der Waals surface area contributed by atoms with Gasteiger partial charge in [-0.2, -0.15) is 4.73 Å². The van der Waals surface area contributed by atoms with Crippen molar-refractivity contribution in [3.63, 3.8) is 0 Å². The summed E-state index contributed by atoms with van der Waals surface area (Å²) in [6.07, 6.45) is 1.49. The molecule has 0 saturated carbocycles. The molecule has 8 nitrogen and oxygen atoms in total. The van der Waals surface area contributed by atoms with Gasteiger partial charge in [0.2, 0.25) is 5.43 Å². The first-order valence-electron chi connectivity index (χ1n) is 11.6. The van der Waals surface area contributed by atoms with Crippen molar-refractivity contribution in [3.8, 4) is 5.75 Å². The highest BCUT2D eigenvalue weighted by molar-refractivity contribution is 5.96. The van der Waals surface area contributed by atoms with E-state index in [9.17, 15) is 14.4 Å². The number of hydrogen-bond acceptors (Lipinski definition) is 6. The van der Waals surface area contributed by atoms with Gasteiger partial charge in [0.15, 0.2) is 5.75 Å². The Morgan fingerprint density at radius 3 is 2.03 bits per heavy atom. The average Bonchev–Trinajstić information content (AvgIpc) is 2.95. The lowest BCUT2D eigenvalue weighted by molar-refractivity contribution is 0.0600. The molecule has 1 heterocycles. The van der Waals surface area contributed by atoms with Crippen LogP contribution in [0.4, 0.5) is 0 Å². The first-order chi connectivity index (χ1) is 18.0. The van der Waals surface area contributed by atoms with Gasteiger partial charge in [0.25, 0.3) is 5.91 Å². The van der Waals surface area contributed by atoms with E-state index in [1.807, 2.05) is 60.7 Å². The lowest BCUT2D eigenvalue weighted by Crippen LogP contribution is -2.28. The van der Waals surface area contributed by atoms with Gasteiger partial charge < -0.3 is 19.6 Å². The van der Waals surface area contributed by atoms with E-state index in [0.717, 1.165) is 11.1 Å². The smallest absolute Gasteiger partial charge is 0.337 e. The second kappa shape index (κ2) is 12.2. The number of nitrogens with zero attached hydrogens (tertiary/aromatic N) is 1. The van der Waals surface area contributed by atoms with Crippen molar-refractivity contribution in [2.75, 3.05) is 7.11 Å². The van der Waals surface area contributed by atoms with Crippen LogP contribution in [0.5, 0.6) is 5.75 Å². The standard InChI is InChI=1S/C29H26N2O6/c1-35-29(34)24-14-12-23(13-15-24)28(33)30-17-25-16-26(32)27(36-19-21-8-4-2-5-9-21)18-31(25)37-20-22-10-6-3-7-11-22/h2-16,18H,17,19-20H2,1H3,(H,30,33). The minimum absolute atomic E-state index is 0.0284. The predicted molar refractivity (Wildman–Crippen MR) is 137 cm³/mol. The molecule has 0 atom stereocenters. The van der Waals surface area contributed by atoms with Crippen molar-refractivity contribution >= 4 is 11.9 Å². The van der Waals surface area contributed by atoms with Gasteiger partial charge >= 0.3 is 5.97 Å². The SMILES string of the molecule is COC(=O)c1ccc(C(=O)NCc2cc(=O)c(OCc3ccccc3)cn2OCc2ccccc2)cc1. The number of nitrogens with one attached hydrogen (secondary N) is 1. The molecule has 0 aliphatic rings. The maximum absolute atomic E-state index is 12.8. The Morgan fingerprint density at radius 2 is 1.41 bits per heavy atom. The molecule has 4 aromatic rings. The van der Waals surface area contributed by atoms with E-state index < -0.39 is 5.97 Å². The van der Waals surface area contributed by atoms with Crippen molar-refractivity contribution in [2.45, 2.75) is 19.8 Å². The van der Waals surface area contributed by atoms with Crippen LogP contribution in [0.25, 0.3) is 0 Å². The molecule has 8 heteroatoms. The zero-order valence-corrected chi connectivity index (χ0v) is 20.3. The summed E-state index contributed by atoms with van der Waals surface area (Å²) in [7, 11) is 1.29. The quantitative estimate of drug-likeness (QED) is 0.335. The minimum Gasteiger partial charge on any atom is -0.483 e. The van der Waals surface area contributed by atoms with Crippen LogP contribution in [0, 0.1) is 0 Å². The van der Waals surface area contributed by atoms with Crippen molar-refractivity contribution in [2.24, 2.45) is 0 Å². The Bertz CT molecular complexity index is 1400. The third kappa shape index (κ3) is 6.85. The summed E-state index contributed by atoms with van der Waals surface area (Å²) in [6, 6.07) is 26.6. The van der Waals surface area contributed by atoms with E-state index in [0.29, 0.717) is 16.8 Å². The third-order valence-corrected chi connectivity index (χ3v) is 5.51. The monoisotopic (exact) mass is 498 g/mol. The van der Waals surface area contributed by atoms with Crippen LogP contribution in [0.3, 0.4) is 0 Å². The lowest BCUT2D eigenvalue weighted by atomic mass is 10.1. The molecule has 0 spiro atoms. The van der Waals surface area contributed by atoms with Gasteiger partial charge in [-0.25, -0.2) is 4.79 Å². The van der Waals surface area contributed by atoms with E-state index >= 15 is 0 Å². The van der Waals surface area contributed by atoms with E-state index in [1.54, 1.807) is 0 Å². The summed E-state index contributed by atoms with van der Waals surface area (Å²) in [5, 5.41) is 2.79. The van der Waals surface area contributed by atoms with Crippen LogP contribution in [0.15, 0.2) is 102 Å². The summed E-state index contributed by atoms with van der Waals surface area (Å²) >= 11 is 0. The third-order valence-electron chi connectivity index (χ3n) is 5.51. The molecule has 1 aromatic heterocycles. The molecular formula is C29H26N2O6. The molecule has 0 saturated heterocycles. The van der Waals surface area contributed by atoms with Gasteiger partial charge in [-0.3, -0.25) is 9.59 Å². The molecule has 0 bridgehead atoms. The Labute approximate surface area is 214 Å². The van der Waals surface area contributed by atoms with E-state index in [4.69, 9.17) is 9.57 Å². The molecule has 4 rings (SSSR count). The summed E-state index contributed by atoms with van der Waals surface area (Å²) in [4.78, 5) is 43.0. The molecule has 188 valence electrons. The highest BCUT2D eigenvalue weighted by atomic mass is 16.7. The Morgan fingerprint density at radius 1 is 0.811 bits per heavy atom. The van der Waals surface area contributed by atoms with Gasteiger partial charge in [0.1, 0.15) is 13.2 Å². The van der Waals surface area contributed by atoms with Crippen LogP contribution < -0.4 is 20.3 Å². The number of hydrogen-bond donors (Lipinski definition) is 1. The van der Waals surface area contributed by atoms with Crippen LogP contribution in [0.2, 0.25) is 0 Å². The van der Waals surface area contributed by atoms with E-state index in [1.165, 1.54) is 48.4 Å². The van der Waals surface area contributed by atoms with Crippen molar-refractivity contribution in [1.82, 2.24) is 10.0 Å². The fraction of sp³-hybridized carbons (Fsp3) is 0.138. The Hall–Kier alpha value is -4.85. The Balaban J connectivity index is 1.50. The van der Waals surface area contributed by atoms with Crippen LogP contribution in [-0.4, -0.2) is 23.7 Å². The van der Waals surface area contributed by atoms with Crippen LogP contribution >= 0.6 is 0 Å². The average molecular weight is 499 g/mol. The predicted octanol–water partition coefficient (Wildman–Crippen LogP) is 3.77. The maximum atomic E-state index is 12.8. The number of esters is 1. The second-order valence-corrected chi connectivity index (χ2v) is 8.10. The first-order valence-corrected chi connectivity index (χ1v) is 11.6. The largest absolute Gasteiger partial charge is 0.483 e. The molecule has 37 heavy (non-hydrogen) atoms. The van der Waals surface area contributed by atoms with Crippen molar-refractivity contribution < 1.29 is 23.9 Å². The highest BCUT2D eigenvalue weighted by Crippen LogP contribution is 2.11. The fourth-order valence-electron chi connectivity index (χ4n) is 3.50. The molecule has 0 aliphatic carbocycles. The number of rotatable bonds is 10. The minimum atomic E-state index is -0.485. The topological polar surface area (TPSA) is 95.9 Å². The highest BCUT2D eigenvalue weighted by Gasteiger charge is 2.13. The van der Waals surface area contributed by atoms with Gasteiger partial charge in [-0.05, 0) is 35.4 Å². The molecule has 1 amide bonds. The zero-order valence-electron chi connectivity index (χ0n) is 20.3. The number of ether oxygens (including phenoxy) is 2. The molecule has 1 N–H and O–H groups in total. The van der Waals surface area contributed by atoms with Crippen LogP contribution in [0.1, 0.15) is 37.5 Å². The summed E-state index contributed by atoms with van der Waals surface area (Å²) < 4.78 is 11.9. The van der Waals surface area contributed by atoms with Crippen molar-refractivity contribution in [3.05, 3.63) is 135 Å². The van der Waals surface area contributed by atoms with Crippen LogP contribution in [-0.2, 0) is 24.5 Å². The first kappa shape index (κ1) is 25.2. The van der Waals surface area contributed by atoms with E-state index in [2.05, 4.69) is 10.1 Å². The summed E-state index contributed by atoms with van der Waals surface area (Å²) in [6.45, 7) is 0.505. The number of pyridine rings is 1. The summed E-state index contributed by atoms with van der Waals surface area (Å²) in [5.41, 5.74) is 2.67. The maximum Gasteiger partial charge on any atom is 0.337 e. The Kier molecular flexibility index (Phi) is 8.33. The van der Waals surface area contributed by atoms with Gasteiger partial charge in [-0.1, -0.05) is 60.7 Å². The van der Waals surface area contributed by atoms with E-state index in [-0.39, 0.29) is 36.8 Å². The lowest BCUT2D eigenvalue weighted by Gasteiger charge is -2.17. The van der Waals surface area contributed by atoms with Gasteiger partial charge in [0, 0.05) is 11.6 Å². The molecule has 3 aromatic carbocycles. The second-order valence-electron chi connectivity index (χ2n) is 8.10. The summed E-state index contributed by atoms with van der Waals surface area (Å²) in [5.74, 6) is -0.727. The normalized spacial score (nSPS) is 10.4. The number of methoxy groups -OCH3 is 1. The zero-order chi connectivity index (χ0) is 26.0. The number of aromatic nitrogens is 1. The molecule has 0 radical (unpaired) electrons. The molecule has 0 aliphatic heterocycles. The fourth-order valence-corrected chi connectivity index (χ4v) is 3.50.